The summed E-state index contributed by atoms with van der Waals surface area (Å²) in [5.41, 5.74) is 2.21. The lowest BCUT2D eigenvalue weighted by Crippen LogP contribution is -2.20. The summed E-state index contributed by atoms with van der Waals surface area (Å²) in [6.45, 7) is 2.10. The predicted molar refractivity (Wildman–Crippen MR) is 75.7 cm³/mol. The second-order valence-corrected chi connectivity index (χ2v) is 4.67. The van der Waals surface area contributed by atoms with Crippen LogP contribution in [-0.2, 0) is 19.0 Å². The van der Waals surface area contributed by atoms with Gasteiger partial charge in [-0.1, -0.05) is 37.6 Å². The fourth-order valence-electron chi connectivity index (χ4n) is 2.35. The molecule has 0 aromatic heterocycles. The van der Waals surface area contributed by atoms with Crippen molar-refractivity contribution in [1.82, 2.24) is 0 Å². The van der Waals surface area contributed by atoms with E-state index in [4.69, 9.17) is 14.2 Å². The van der Waals surface area contributed by atoms with Gasteiger partial charge in [-0.25, -0.2) is 4.79 Å². The van der Waals surface area contributed by atoms with E-state index in [1.54, 1.807) is 7.11 Å². The van der Waals surface area contributed by atoms with Crippen LogP contribution in [-0.4, -0.2) is 20.2 Å². The number of hydrogen-bond donors (Lipinski definition) is 0. The van der Waals surface area contributed by atoms with Crippen molar-refractivity contribution in [3.05, 3.63) is 41.2 Å². The first-order valence-electron chi connectivity index (χ1n) is 6.83. The molecule has 0 saturated heterocycles. The van der Waals surface area contributed by atoms with Gasteiger partial charge in [0.1, 0.15) is 11.3 Å². The molecule has 0 amide bonds. The van der Waals surface area contributed by atoms with Gasteiger partial charge in [-0.3, -0.25) is 0 Å². The van der Waals surface area contributed by atoms with Gasteiger partial charge in [0.05, 0.1) is 7.11 Å². The van der Waals surface area contributed by atoms with Crippen LogP contribution in [0.1, 0.15) is 43.6 Å². The summed E-state index contributed by atoms with van der Waals surface area (Å²) < 4.78 is 16.1. The molecule has 1 atom stereocenters. The van der Waals surface area contributed by atoms with Crippen LogP contribution >= 0.6 is 0 Å². The van der Waals surface area contributed by atoms with Crippen LogP contribution in [0.3, 0.4) is 0 Å². The molecule has 1 aromatic rings. The molecule has 0 bridgehead atoms. The minimum atomic E-state index is -0.466. The molecule has 0 aliphatic carbocycles. The summed E-state index contributed by atoms with van der Waals surface area (Å²) >= 11 is 0. The summed E-state index contributed by atoms with van der Waals surface area (Å²) in [5, 5.41) is 0. The number of hydrogen-bond acceptors (Lipinski definition) is 4. The fraction of sp³-hybridized carbons (Fsp3) is 0.438. The monoisotopic (exact) mass is 276 g/mol. The number of esters is 1. The molecule has 1 aromatic carbocycles. The summed E-state index contributed by atoms with van der Waals surface area (Å²) in [7, 11) is 2.99. The highest BCUT2D eigenvalue weighted by atomic mass is 16.7. The molecule has 2 rings (SSSR count). The average molecular weight is 276 g/mol. The second-order valence-electron chi connectivity index (χ2n) is 4.67. The van der Waals surface area contributed by atoms with Gasteiger partial charge in [0.15, 0.2) is 0 Å². The van der Waals surface area contributed by atoms with Gasteiger partial charge in [0.2, 0.25) is 6.29 Å². The summed E-state index contributed by atoms with van der Waals surface area (Å²) in [6, 6.07) is 7.61. The summed E-state index contributed by atoms with van der Waals surface area (Å²) in [6.07, 6.45) is 2.22. The Balaban J connectivity index is 2.51. The Labute approximate surface area is 119 Å². The third-order valence-electron chi connectivity index (χ3n) is 3.37. The van der Waals surface area contributed by atoms with Gasteiger partial charge in [0, 0.05) is 24.7 Å². The number of carbonyl (C=O) groups is 1. The molecular formula is C16H20O4. The molecule has 0 spiro atoms. The van der Waals surface area contributed by atoms with Crippen molar-refractivity contribution in [2.45, 2.75) is 32.5 Å². The van der Waals surface area contributed by atoms with E-state index in [0.717, 1.165) is 24.0 Å². The molecule has 0 radical (unpaired) electrons. The van der Waals surface area contributed by atoms with Gasteiger partial charge in [-0.05, 0) is 6.42 Å². The van der Waals surface area contributed by atoms with E-state index in [0.29, 0.717) is 17.8 Å². The SMILES string of the molecule is CCCCC1=C(C(=O)OC)c2ccccc2C(OC)O1. The van der Waals surface area contributed by atoms with E-state index in [-0.39, 0.29) is 5.97 Å². The van der Waals surface area contributed by atoms with Gasteiger partial charge in [0.25, 0.3) is 0 Å². The molecule has 1 aliphatic heterocycles. The van der Waals surface area contributed by atoms with Crippen molar-refractivity contribution in [3.63, 3.8) is 0 Å². The lowest BCUT2D eigenvalue weighted by Gasteiger charge is -2.29. The molecule has 0 saturated carbocycles. The number of unbranched alkanes of at least 4 members (excludes halogenated alkanes) is 1. The van der Waals surface area contributed by atoms with Gasteiger partial charge in [-0.15, -0.1) is 0 Å². The molecule has 108 valence electrons. The minimum absolute atomic E-state index is 0.363. The first kappa shape index (κ1) is 14.6. The van der Waals surface area contributed by atoms with Gasteiger partial charge in [-0.2, -0.15) is 0 Å². The number of carbonyl (C=O) groups excluding carboxylic acids is 1. The molecular weight excluding hydrogens is 256 g/mol. The van der Waals surface area contributed by atoms with Crippen LogP contribution in [0, 0.1) is 0 Å². The van der Waals surface area contributed by atoms with E-state index < -0.39 is 6.29 Å². The quantitative estimate of drug-likeness (QED) is 0.773. The zero-order valence-corrected chi connectivity index (χ0v) is 12.1. The fourth-order valence-corrected chi connectivity index (χ4v) is 2.35. The normalized spacial score (nSPS) is 17.4. The molecule has 0 fully saturated rings. The van der Waals surface area contributed by atoms with E-state index in [9.17, 15) is 4.79 Å². The van der Waals surface area contributed by atoms with E-state index in [1.807, 2.05) is 24.3 Å². The molecule has 4 nitrogen and oxygen atoms in total. The standard InChI is InChI=1S/C16H20O4/c1-4-5-10-13-14(15(17)18-2)11-8-6-7-9-12(11)16(19-3)20-13/h6-9,16H,4-5,10H2,1-3H3. The van der Waals surface area contributed by atoms with Crippen LogP contribution in [0.2, 0.25) is 0 Å². The van der Waals surface area contributed by atoms with Crippen molar-refractivity contribution >= 4 is 11.5 Å². The van der Waals surface area contributed by atoms with Crippen molar-refractivity contribution in [2.24, 2.45) is 0 Å². The van der Waals surface area contributed by atoms with Crippen molar-refractivity contribution in [3.8, 4) is 0 Å². The zero-order chi connectivity index (χ0) is 14.5. The molecule has 4 heteroatoms. The van der Waals surface area contributed by atoms with Crippen LogP contribution in [0.25, 0.3) is 5.57 Å². The highest BCUT2D eigenvalue weighted by Gasteiger charge is 2.31. The number of rotatable bonds is 5. The summed E-state index contributed by atoms with van der Waals surface area (Å²) in [5.74, 6) is 0.294. The number of methoxy groups -OCH3 is 2. The lowest BCUT2D eigenvalue weighted by molar-refractivity contribution is -0.135. The van der Waals surface area contributed by atoms with E-state index >= 15 is 0 Å². The Morgan fingerprint density at radius 1 is 1.30 bits per heavy atom. The highest BCUT2D eigenvalue weighted by molar-refractivity contribution is 6.17. The van der Waals surface area contributed by atoms with Crippen molar-refractivity contribution in [2.75, 3.05) is 14.2 Å². The first-order valence-corrected chi connectivity index (χ1v) is 6.83. The lowest BCUT2D eigenvalue weighted by atomic mass is 9.94. The Bertz CT molecular complexity index is 519. The molecule has 0 N–H and O–H groups in total. The van der Waals surface area contributed by atoms with Crippen LogP contribution in [0.5, 0.6) is 0 Å². The smallest absolute Gasteiger partial charge is 0.341 e. The Morgan fingerprint density at radius 2 is 2.05 bits per heavy atom. The first-order chi connectivity index (χ1) is 9.72. The predicted octanol–water partition coefficient (Wildman–Crippen LogP) is 3.44. The second kappa shape index (κ2) is 6.57. The Hall–Kier alpha value is -1.81. The molecule has 1 aliphatic rings. The number of ether oxygens (including phenoxy) is 3. The third kappa shape index (κ3) is 2.70. The molecule has 1 unspecified atom stereocenters. The third-order valence-corrected chi connectivity index (χ3v) is 3.37. The Morgan fingerprint density at radius 3 is 2.70 bits per heavy atom. The maximum absolute atomic E-state index is 12.1. The minimum Gasteiger partial charge on any atom is -0.465 e. The highest BCUT2D eigenvalue weighted by Crippen LogP contribution is 2.39. The van der Waals surface area contributed by atoms with Gasteiger partial charge < -0.3 is 14.2 Å². The average Bonchev–Trinajstić information content (AvgIpc) is 2.50. The number of benzene rings is 1. The van der Waals surface area contributed by atoms with E-state index in [1.165, 1.54) is 7.11 Å². The van der Waals surface area contributed by atoms with Gasteiger partial charge >= 0.3 is 5.97 Å². The number of allylic oxidation sites excluding steroid dienone is 1. The van der Waals surface area contributed by atoms with Crippen molar-refractivity contribution < 1.29 is 19.0 Å². The van der Waals surface area contributed by atoms with E-state index in [2.05, 4.69) is 6.92 Å². The Kier molecular flexibility index (Phi) is 4.79. The maximum atomic E-state index is 12.1. The van der Waals surface area contributed by atoms with Crippen LogP contribution in [0.15, 0.2) is 30.0 Å². The summed E-state index contributed by atoms with van der Waals surface area (Å²) in [4.78, 5) is 12.1. The van der Waals surface area contributed by atoms with Crippen LogP contribution in [0.4, 0.5) is 0 Å². The molecule has 1 heterocycles. The van der Waals surface area contributed by atoms with Crippen molar-refractivity contribution in [1.29, 1.82) is 0 Å². The maximum Gasteiger partial charge on any atom is 0.341 e. The topological polar surface area (TPSA) is 44.8 Å². The zero-order valence-electron chi connectivity index (χ0n) is 12.1. The number of fused-ring (bicyclic) bond motifs is 1. The molecule has 20 heavy (non-hydrogen) atoms. The van der Waals surface area contributed by atoms with Crippen LogP contribution < -0.4 is 0 Å². The largest absolute Gasteiger partial charge is 0.465 e.